The highest BCUT2D eigenvalue weighted by atomic mass is 16.5. The minimum absolute atomic E-state index is 0.0633. The van der Waals surface area contributed by atoms with Crippen molar-refractivity contribution >= 4 is 11.6 Å². The van der Waals surface area contributed by atoms with Crippen LogP contribution in [0, 0.1) is 11.3 Å². The van der Waals surface area contributed by atoms with Gasteiger partial charge in [0.05, 0.1) is 11.4 Å². The number of likely N-dealkylation sites (N-methyl/N-ethyl adjacent to an activating group) is 1. The lowest BCUT2D eigenvalue weighted by Gasteiger charge is -2.31. The second-order valence-electron chi connectivity index (χ2n) is 8.62. The maximum atomic E-state index is 11.4. The second kappa shape index (κ2) is 11.4. The maximum absolute atomic E-state index is 11.4. The summed E-state index contributed by atoms with van der Waals surface area (Å²) in [6.07, 6.45) is 2.05. The Morgan fingerprint density at radius 2 is 1.97 bits per heavy atom. The Bertz CT molecular complexity index is 1210. The minimum atomic E-state index is -0.642. The highest BCUT2D eigenvalue weighted by molar-refractivity contribution is 5.77. The second-order valence-corrected chi connectivity index (χ2v) is 8.62. The molecular weight excluding hydrogens is 442 g/mol. The third kappa shape index (κ3) is 6.28. The molecule has 1 amide bonds. The summed E-state index contributed by atoms with van der Waals surface area (Å²) in [7, 11) is 2.08. The summed E-state index contributed by atoms with van der Waals surface area (Å²) in [5.41, 5.74) is 8.50. The highest BCUT2D eigenvalue weighted by Crippen LogP contribution is 2.35. The van der Waals surface area contributed by atoms with E-state index in [-0.39, 0.29) is 24.1 Å². The number of likely N-dealkylation sites (tertiary alicyclic amines) is 1. The predicted molar refractivity (Wildman–Crippen MR) is 134 cm³/mol. The average Bonchev–Trinajstić information content (AvgIpc) is 2.87. The summed E-state index contributed by atoms with van der Waals surface area (Å²) in [5, 5.41) is 13.4. The molecule has 0 saturated carbocycles. The van der Waals surface area contributed by atoms with Crippen LogP contribution in [0.1, 0.15) is 24.0 Å². The average molecular weight is 472 g/mol. The summed E-state index contributed by atoms with van der Waals surface area (Å²) >= 11 is 0. The number of aromatic nitrogens is 1. The van der Waals surface area contributed by atoms with Gasteiger partial charge in [-0.3, -0.25) is 4.79 Å². The van der Waals surface area contributed by atoms with Crippen LogP contribution >= 0.6 is 0 Å². The number of piperidine rings is 1. The van der Waals surface area contributed by atoms with Gasteiger partial charge in [-0.25, -0.2) is 4.98 Å². The van der Waals surface area contributed by atoms with Gasteiger partial charge in [0, 0.05) is 18.2 Å². The van der Waals surface area contributed by atoms with E-state index in [1.165, 1.54) is 0 Å². The van der Waals surface area contributed by atoms with E-state index in [1.54, 1.807) is 0 Å². The Hall–Kier alpha value is -4.09. The first-order valence-corrected chi connectivity index (χ1v) is 11.6. The normalized spacial score (nSPS) is 15.7. The number of hydrogen-bond donors (Lipinski definition) is 2. The van der Waals surface area contributed by atoms with Crippen molar-refractivity contribution in [2.75, 3.05) is 32.1 Å². The van der Waals surface area contributed by atoms with Crippen molar-refractivity contribution in [1.82, 2.24) is 9.88 Å². The molecule has 1 aromatic heterocycles. The number of carbonyl (C=O) groups is 1. The molecule has 4 rings (SSSR count). The molecule has 1 saturated heterocycles. The highest BCUT2D eigenvalue weighted by Gasteiger charge is 2.22. The van der Waals surface area contributed by atoms with Crippen LogP contribution in [-0.4, -0.2) is 48.6 Å². The number of rotatable bonds is 9. The van der Waals surface area contributed by atoms with Crippen LogP contribution in [0.15, 0.2) is 60.7 Å². The van der Waals surface area contributed by atoms with E-state index >= 15 is 0 Å². The van der Waals surface area contributed by atoms with E-state index < -0.39 is 5.91 Å². The monoisotopic (exact) mass is 471 g/mol. The molecule has 1 unspecified atom stereocenters. The molecular formula is C27H29N5O3. The number of nitrogens with one attached hydrogen (secondary N) is 1. The number of anilines is 1. The summed E-state index contributed by atoms with van der Waals surface area (Å²) in [4.78, 5) is 18.2. The fourth-order valence-corrected chi connectivity index (χ4v) is 4.17. The number of pyridine rings is 1. The van der Waals surface area contributed by atoms with Gasteiger partial charge in [0.15, 0.2) is 6.61 Å². The lowest BCUT2D eigenvalue weighted by molar-refractivity contribution is -0.120. The SMILES string of the molecule is CN1CCCC(Nc2cc(-c3ccccc3OCc3ccccc3)nc(OCC(N)=O)c2C#N)C1. The zero-order valence-corrected chi connectivity index (χ0v) is 19.7. The van der Waals surface area contributed by atoms with Crippen molar-refractivity contribution < 1.29 is 14.3 Å². The van der Waals surface area contributed by atoms with E-state index in [2.05, 4.69) is 28.3 Å². The van der Waals surface area contributed by atoms with Gasteiger partial charge >= 0.3 is 0 Å². The van der Waals surface area contributed by atoms with Crippen molar-refractivity contribution in [3.8, 4) is 29.0 Å². The number of nitrogens with zero attached hydrogens (tertiary/aromatic N) is 3. The molecule has 1 aliphatic rings. The van der Waals surface area contributed by atoms with Gasteiger partial charge in [-0.2, -0.15) is 5.26 Å². The third-order valence-corrected chi connectivity index (χ3v) is 5.83. The van der Waals surface area contributed by atoms with E-state index in [1.807, 2.05) is 60.7 Å². The minimum Gasteiger partial charge on any atom is -0.488 e. The van der Waals surface area contributed by atoms with Crippen molar-refractivity contribution in [1.29, 1.82) is 5.26 Å². The number of ether oxygens (including phenoxy) is 2. The Kier molecular flexibility index (Phi) is 7.81. The first-order valence-electron chi connectivity index (χ1n) is 11.6. The quantitative estimate of drug-likeness (QED) is 0.490. The molecule has 1 aliphatic heterocycles. The lowest BCUT2D eigenvalue weighted by Crippen LogP contribution is -2.39. The first-order chi connectivity index (χ1) is 17.0. The lowest BCUT2D eigenvalue weighted by atomic mass is 10.0. The Balaban J connectivity index is 1.70. The largest absolute Gasteiger partial charge is 0.488 e. The molecule has 0 spiro atoms. The van der Waals surface area contributed by atoms with Gasteiger partial charge in [-0.1, -0.05) is 42.5 Å². The number of amides is 1. The summed E-state index contributed by atoms with van der Waals surface area (Å²) in [6.45, 7) is 1.93. The molecule has 1 atom stereocenters. The van der Waals surface area contributed by atoms with Gasteiger partial charge in [0.2, 0.25) is 5.88 Å². The fraction of sp³-hybridized carbons (Fsp3) is 0.296. The van der Waals surface area contributed by atoms with Crippen molar-refractivity contribution in [3.63, 3.8) is 0 Å². The molecule has 0 aliphatic carbocycles. The molecule has 8 heteroatoms. The Morgan fingerprint density at radius 1 is 1.20 bits per heavy atom. The number of primary amides is 1. The smallest absolute Gasteiger partial charge is 0.255 e. The van der Waals surface area contributed by atoms with Crippen LogP contribution in [0.2, 0.25) is 0 Å². The van der Waals surface area contributed by atoms with Crippen LogP contribution in [-0.2, 0) is 11.4 Å². The third-order valence-electron chi connectivity index (χ3n) is 5.83. The van der Waals surface area contributed by atoms with Crippen LogP contribution in [0.3, 0.4) is 0 Å². The molecule has 35 heavy (non-hydrogen) atoms. The molecule has 1 fully saturated rings. The number of para-hydroxylation sites is 1. The predicted octanol–water partition coefficient (Wildman–Crippen LogP) is 3.57. The van der Waals surface area contributed by atoms with Crippen molar-refractivity contribution in [3.05, 3.63) is 71.8 Å². The fourth-order valence-electron chi connectivity index (χ4n) is 4.17. The number of benzene rings is 2. The number of nitriles is 1. The molecule has 180 valence electrons. The number of carbonyl (C=O) groups excluding carboxylic acids is 1. The maximum Gasteiger partial charge on any atom is 0.255 e. The van der Waals surface area contributed by atoms with Gasteiger partial charge in [0.1, 0.15) is 24.0 Å². The zero-order chi connectivity index (χ0) is 24.6. The molecule has 3 aromatic rings. The van der Waals surface area contributed by atoms with Gasteiger partial charge in [-0.05, 0) is 50.2 Å². The topological polar surface area (TPSA) is 114 Å². The number of hydrogen-bond acceptors (Lipinski definition) is 7. The van der Waals surface area contributed by atoms with Crippen molar-refractivity contribution in [2.24, 2.45) is 5.73 Å². The van der Waals surface area contributed by atoms with Crippen LogP contribution in [0.25, 0.3) is 11.3 Å². The van der Waals surface area contributed by atoms with Crippen LogP contribution in [0.4, 0.5) is 5.69 Å². The van der Waals surface area contributed by atoms with E-state index in [0.29, 0.717) is 23.7 Å². The van der Waals surface area contributed by atoms with Crippen molar-refractivity contribution in [2.45, 2.75) is 25.5 Å². The number of nitrogens with two attached hydrogens (primary N) is 1. The van der Waals surface area contributed by atoms with E-state index in [9.17, 15) is 10.1 Å². The van der Waals surface area contributed by atoms with Crippen LogP contribution in [0.5, 0.6) is 11.6 Å². The van der Waals surface area contributed by atoms with Gasteiger partial charge in [0.25, 0.3) is 5.91 Å². The van der Waals surface area contributed by atoms with Gasteiger partial charge < -0.3 is 25.4 Å². The van der Waals surface area contributed by atoms with E-state index in [0.717, 1.165) is 37.1 Å². The summed E-state index contributed by atoms with van der Waals surface area (Å²) < 4.78 is 11.7. The standard InChI is InChI=1S/C27H29N5O3/c1-32-13-7-10-20(16-32)30-24-14-23(31-27(22(24)15-28)35-18-26(29)33)21-11-5-6-12-25(21)34-17-19-8-3-2-4-9-19/h2-6,8-9,11-12,14,20H,7,10,13,16-18H2,1H3,(H2,29,33)(H,30,31). The zero-order valence-electron chi connectivity index (χ0n) is 19.7. The first kappa shape index (κ1) is 24.0. The Labute approximate surface area is 205 Å². The Morgan fingerprint density at radius 3 is 2.71 bits per heavy atom. The molecule has 2 aromatic carbocycles. The summed E-state index contributed by atoms with van der Waals surface area (Å²) in [5.74, 6) is 0.0715. The molecule has 2 heterocycles. The molecule has 0 bridgehead atoms. The van der Waals surface area contributed by atoms with E-state index in [4.69, 9.17) is 15.2 Å². The van der Waals surface area contributed by atoms with Gasteiger partial charge in [-0.15, -0.1) is 0 Å². The molecule has 3 N–H and O–H groups in total. The van der Waals surface area contributed by atoms with Crippen LogP contribution < -0.4 is 20.5 Å². The molecule has 0 radical (unpaired) electrons. The summed E-state index contributed by atoms with van der Waals surface area (Å²) in [6, 6.07) is 21.7. The molecule has 8 nitrogen and oxygen atoms in total.